The zero-order valence-corrected chi connectivity index (χ0v) is 11.5. The molecule has 0 aliphatic carbocycles. The summed E-state index contributed by atoms with van der Waals surface area (Å²) in [6.45, 7) is 6.65. The number of rotatable bonds is 4. The normalized spacial score (nSPS) is 18.8. The predicted molar refractivity (Wildman–Crippen MR) is 72.7 cm³/mol. The van der Waals surface area contributed by atoms with Crippen LogP contribution in [0.4, 0.5) is 0 Å². The summed E-state index contributed by atoms with van der Waals surface area (Å²) >= 11 is 0. The summed E-state index contributed by atoms with van der Waals surface area (Å²) in [6.07, 6.45) is 1.74. The lowest BCUT2D eigenvalue weighted by Crippen LogP contribution is -2.48. The van der Waals surface area contributed by atoms with Crippen molar-refractivity contribution < 1.29 is 4.74 Å². The molecular weight excluding hydrogens is 240 g/mol. The first-order valence-corrected chi connectivity index (χ1v) is 6.58. The van der Waals surface area contributed by atoms with E-state index in [-0.39, 0.29) is 6.04 Å². The summed E-state index contributed by atoms with van der Waals surface area (Å²) in [7, 11) is 1.65. The van der Waals surface area contributed by atoms with Crippen LogP contribution in [0.3, 0.4) is 0 Å². The van der Waals surface area contributed by atoms with Crippen LogP contribution >= 0.6 is 0 Å². The van der Waals surface area contributed by atoms with Gasteiger partial charge < -0.3 is 4.74 Å². The van der Waals surface area contributed by atoms with Gasteiger partial charge in [-0.3, -0.25) is 9.80 Å². The van der Waals surface area contributed by atoms with E-state index < -0.39 is 0 Å². The highest BCUT2D eigenvalue weighted by atomic mass is 16.5. The molecule has 1 atom stereocenters. The molecule has 5 nitrogen and oxygen atoms in total. The summed E-state index contributed by atoms with van der Waals surface area (Å²) in [6, 6.07) is 6.29. The highest BCUT2D eigenvalue weighted by Crippen LogP contribution is 2.17. The van der Waals surface area contributed by atoms with Crippen molar-refractivity contribution in [2.75, 3.05) is 33.3 Å². The van der Waals surface area contributed by atoms with E-state index in [9.17, 15) is 0 Å². The first-order chi connectivity index (χ1) is 9.24. The first-order valence-electron chi connectivity index (χ1n) is 6.58. The van der Waals surface area contributed by atoms with Crippen LogP contribution in [0.5, 0.6) is 5.88 Å². The molecule has 1 saturated heterocycles. The lowest BCUT2D eigenvalue weighted by atomic mass is 10.2. The van der Waals surface area contributed by atoms with Gasteiger partial charge in [-0.2, -0.15) is 5.26 Å². The third kappa shape index (κ3) is 3.43. The van der Waals surface area contributed by atoms with E-state index in [2.05, 4.69) is 26.9 Å². The Kier molecular flexibility index (Phi) is 4.72. The smallest absolute Gasteiger partial charge is 0.217 e. The molecule has 1 aromatic rings. The molecule has 1 aliphatic rings. The Labute approximate surface area is 114 Å². The molecule has 0 spiro atoms. The third-order valence-electron chi connectivity index (χ3n) is 3.58. The van der Waals surface area contributed by atoms with E-state index in [0.717, 1.165) is 38.3 Å². The molecule has 1 aliphatic heterocycles. The minimum Gasteiger partial charge on any atom is -0.481 e. The number of nitriles is 1. The van der Waals surface area contributed by atoms with Crippen molar-refractivity contribution in [3.8, 4) is 11.9 Å². The molecular formula is C14H20N4O. The SMILES string of the molecule is COc1ncccc1CN1CCN(C(C)C#N)CC1. The molecule has 0 bridgehead atoms. The summed E-state index contributed by atoms with van der Waals surface area (Å²) in [5.74, 6) is 0.704. The van der Waals surface area contributed by atoms with Crippen LogP contribution in [0.2, 0.25) is 0 Å². The van der Waals surface area contributed by atoms with Crippen molar-refractivity contribution in [1.29, 1.82) is 5.26 Å². The number of nitrogens with zero attached hydrogens (tertiary/aromatic N) is 4. The molecule has 0 N–H and O–H groups in total. The minimum atomic E-state index is 0.00933. The summed E-state index contributed by atoms with van der Waals surface area (Å²) < 4.78 is 5.27. The van der Waals surface area contributed by atoms with E-state index in [0.29, 0.717) is 5.88 Å². The number of hydrogen-bond donors (Lipinski definition) is 0. The molecule has 0 saturated carbocycles. The van der Waals surface area contributed by atoms with Crippen LogP contribution in [0, 0.1) is 11.3 Å². The highest BCUT2D eigenvalue weighted by Gasteiger charge is 2.21. The van der Waals surface area contributed by atoms with Crippen LogP contribution in [0.1, 0.15) is 12.5 Å². The van der Waals surface area contributed by atoms with Crippen molar-refractivity contribution >= 4 is 0 Å². The van der Waals surface area contributed by atoms with E-state index in [4.69, 9.17) is 10.00 Å². The molecule has 0 radical (unpaired) electrons. The van der Waals surface area contributed by atoms with Gasteiger partial charge in [0.1, 0.15) is 0 Å². The Morgan fingerprint density at radius 1 is 1.42 bits per heavy atom. The highest BCUT2D eigenvalue weighted by molar-refractivity contribution is 5.25. The van der Waals surface area contributed by atoms with Crippen molar-refractivity contribution in [2.45, 2.75) is 19.5 Å². The van der Waals surface area contributed by atoms with Gasteiger partial charge in [0.25, 0.3) is 0 Å². The lowest BCUT2D eigenvalue weighted by Gasteiger charge is -2.35. The van der Waals surface area contributed by atoms with Crippen LogP contribution in [0.25, 0.3) is 0 Å². The quantitative estimate of drug-likeness (QED) is 0.812. The number of piperazine rings is 1. The van der Waals surface area contributed by atoms with Crippen LogP contribution < -0.4 is 4.74 Å². The van der Waals surface area contributed by atoms with Gasteiger partial charge in [-0.25, -0.2) is 4.98 Å². The third-order valence-corrected chi connectivity index (χ3v) is 3.58. The number of ether oxygens (including phenoxy) is 1. The Morgan fingerprint density at radius 2 is 2.16 bits per heavy atom. The van der Waals surface area contributed by atoms with Gasteiger partial charge in [-0.05, 0) is 13.0 Å². The van der Waals surface area contributed by atoms with Gasteiger partial charge in [0, 0.05) is 44.5 Å². The second-order valence-corrected chi connectivity index (χ2v) is 4.79. The maximum Gasteiger partial charge on any atom is 0.217 e. The summed E-state index contributed by atoms with van der Waals surface area (Å²) in [4.78, 5) is 8.81. The number of pyridine rings is 1. The molecule has 2 rings (SSSR count). The van der Waals surface area contributed by atoms with Gasteiger partial charge >= 0.3 is 0 Å². The first kappa shape index (κ1) is 13.8. The second kappa shape index (κ2) is 6.50. The number of hydrogen-bond acceptors (Lipinski definition) is 5. The molecule has 102 valence electrons. The lowest BCUT2D eigenvalue weighted by molar-refractivity contribution is 0.113. The molecule has 1 unspecified atom stereocenters. The van der Waals surface area contributed by atoms with Gasteiger partial charge in [0.15, 0.2) is 0 Å². The van der Waals surface area contributed by atoms with Crippen molar-refractivity contribution in [3.63, 3.8) is 0 Å². The van der Waals surface area contributed by atoms with Crippen molar-refractivity contribution in [1.82, 2.24) is 14.8 Å². The molecule has 1 fully saturated rings. The molecule has 2 heterocycles. The predicted octanol–water partition coefficient (Wildman–Crippen LogP) is 1.12. The molecule has 1 aromatic heterocycles. The van der Waals surface area contributed by atoms with Crippen LogP contribution in [-0.4, -0.2) is 54.1 Å². The topological polar surface area (TPSA) is 52.4 Å². The Bertz CT molecular complexity index is 449. The average molecular weight is 260 g/mol. The average Bonchev–Trinajstić information content (AvgIpc) is 2.48. The van der Waals surface area contributed by atoms with Crippen molar-refractivity contribution in [3.05, 3.63) is 23.9 Å². The summed E-state index contributed by atoms with van der Waals surface area (Å²) in [5.41, 5.74) is 1.12. The molecule has 19 heavy (non-hydrogen) atoms. The van der Waals surface area contributed by atoms with Crippen LogP contribution in [-0.2, 0) is 6.54 Å². The molecule has 0 aromatic carbocycles. The maximum absolute atomic E-state index is 8.93. The number of methoxy groups -OCH3 is 1. The van der Waals surface area contributed by atoms with E-state index in [1.807, 2.05) is 13.0 Å². The summed E-state index contributed by atoms with van der Waals surface area (Å²) in [5, 5.41) is 8.93. The van der Waals surface area contributed by atoms with E-state index in [1.54, 1.807) is 13.3 Å². The van der Waals surface area contributed by atoms with Gasteiger partial charge in [0.2, 0.25) is 5.88 Å². The Morgan fingerprint density at radius 3 is 2.79 bits per heavy atom. The molecule has 5 heteroatoms. The van der Waals surface area contributed by atoms with Crippen LogP contribution in [0.15, 0.2) is 18.3 Å². The zero-order valence-electron chi connectivity index (χ0n) is 11.5. The standard InChI is InChI=1S/C14H20N4O/c1-12(10-15)18-8-6-17(7-9-18)11-13-4-3-5-16-14(13)19-2/h3-5,12H,6-9,11H2,1-2H3. The van der Waals surface area contributed by atoms with Gasteiger partial charge in [-0.1, -0.05) is 6.07 Å². The minimum absolute atomic E-state index is 0.00933. The van der Waals surface area contributed by atoms with Crippen molar-refractivity contribution in [2.24, 2.45) is 0 Å². The number of aromatic nitrogens is 1. The zero-order chi connectivity index (χ0) is 13.7. The van der Waals surface area contributed by atoms with Gasteiger partial charge in [0.05, 0.1) is 19.2 Å². The Balaban J connectivity index is 1.91. The largest absolute Gasteiger partial charge is 0.481 e. The van der Waals surface area contributed by atoms with E-state index >= 15 is 0 Å². The fourth-order valence-corrected chi connectivity index (χ4v) is 2.36. The fourth-order valence-electron chi connectivity index (χ4n) is 2.36. The van der Waals surface area contributed by atoms with Gasteiger partial charge in [-0.15, -0.1) is 0 Å². The monoisotopic (exact) mass is 260 g/mol. The second-order valence-electron chi connectivity index (χ2n) is 4.79. The molecule has 0 amide bonds. The fraction of sp³-hybridized carbons (Fsp3) is 0.571. The maximum atomic E-state index is 8.93. The van der Waals surface area contributed by atoms with E-state index in [1.165, 1.54) is 0 Å². The Hall–Kier alpha value is -1.64.